The van der Waals surface area contributed by atoms with E-state index < -0.39 is 0 Å². The Morgan fingerprint density at radius 1 is 1.67 bits per heavy atom. The van der Waals surface area contributed by atoms with E-state index in [4.69, 9.17) is 5.21 Å². The topological polar surface area (TPSA) is 35.8 Å². The van der Waals surface area contributed by atoms with E-state index in [1.165, 1.54) is 0 Å². The van der Waals surface area contributed by atoms with Crippen LogP contribution in [-0.2, 0) is 0 Å². The third kappa shape index (κ3) is 1.29. The van der Waals surface area contributed by atoms with E-state index in [1.54, 1.807) is 0 Å². The van der Waals surface area contributed by atoms with Crippen LogP contribution in [0.2, 0.25) is 0 Å². The van der Waals surface area contributed by atoms with Gasteiger partial charge in [-0.3, -0.25) is 10.2 Å². The average Bonchev–Trinajstić information content (AvgIpc) is 1.80. The summed E-state index contributed by atoms with van der Waals surface area (Å²) in [5, 5.41) is 10.1. The number of aliphatic imine (C=N–C) groups is 1. The Morgan fingerprint density at radius 3 is 2.78 bits per heavy atom. The Bertz CT molecular complexity index is 172. The number of hydroxylamine groups is 2. The van der Waals surface area contributed by atoms with Gasteiger partial charge in [0, 0.05) is 11.4 Å². The van der Waals surface area contributed by atoms with Crippen LogP contribution in [0.5, 0.6) is 0 Å². The molecule has 1 N–H and O–H groups in total. The molecule has 9 heavy (non-hydrogen) atoms. The van der Waals surface area contributed by atoms with Gasteiger partial charge in [0.25, 0.3) is 0 Å². The van der Waals surface area contributed by atoms with Crippen molar-refractivity contribution in [2.45, 2.75) is 13.8 Å². The minimum Gasteiger partial charge on any atom is -0.287 e. The molecular formula is C6H10N2O. The van der Waals surface area contributed by atoms with Crippen LogP contribution in [0.4, 0.5) is 0 Å². The molecule has 50 valence electrons. The van der Waals surface area contributed by atoms with Gasteiger partial charge in [0.15, 0.2) is 0 Å². The fourth-order valence-electron chi connectivity index (χ4n) is 0.713. The largest absolute Gasteiger partial charge is 0.287 e. The molecule has 3 heteroatoms. The van der Waals surface area contributed by atoms with E-state index in [0.29, 0.717) is 6.67 Å². The quantitative estimate of drug-likeness (QED) is 0.526. The zero-order chi connectivity index (χ0) is 6.85. The van der Waals surface area contributed by atoms with Gasteiger partial charge in [0.1, 0.15) is 6.67 Å². The minimum atomic E-state index is 0.369. The molecule has 1 heterocycles. The van der Waals surface area contributed by atoms with Crippen LogP contribution in [-0.4, -0.2) is 22.7 Å². The number of nitrogens with zero attached hydrogens (tertiary/aromatic N) is 2. The minimum absolute atomic E-state index is 0.369. The molecule has 0 fully saturated rings. The summed E-state index contributed by atoms with van der Waals surface area (Å²) < 4.78 is 0. The first-order chi connectivity index (χ1) is 4.20. The maximum atomic E-state index is 8.95. The molecular weight excluding hydrogens is 116 g/mol. The Labute approximate surface area is 54.3 Å². The molecule has 0 saturated carbocycles. The van der Waals surface area contributed by atoms with Gasteiger partial charge >= 0.3 is 0 Å². The molecule has 0 spiro atoms. The highest BCUT2D eigenvalue weighted by molar-refractivity contribution is 5.93. The van der Waals surface area contributed by atoms with Crippen LogP contribution < -0.4 is 0 Å². The third-order valence-electron chi connectivity index (χ3n) is 1.28. The lowest BCUT2D eigenvalue weighted by Crippen LogP contribution is -2.21. The highest BCUT2D eigenvalue weighted by Crippen LogP contribution is 2.04. The standard InChI is InChI=1S/C6H10N2O/c1-5-3-6(2)8(9)4-7-5/h3,9H,4H2,1-2H3. The molecule has 0 unspecified atom stereocenters. The van der Waals surface area contributed by atoms with Crippen molar-refractivity contribution >= 4 is 5.71 Å². The van der Waals surface area contributed by atoms with E-state index >= 15 is 0 Å². The summed E-state index contributed by atoms with van der Waals surface area (Å²) in [5.41, 5.74) is 1.82. The molecule has 0 bridgehead atoms. The van der Waals surface area contributed by atoms with Gasteiger partial charge in [0.05, 0.1) is 0 Å². The SMILES string of the molecule is CC1=CC(C)=NCN1O. The summed E-state index contributed by atoms with van der Waals surface area (Å²) in [4.78, 5) is 3.98. The fraction of sp³-hybridized carbons (Fsp3) is 0.500. The predicted octanol–water partition coefficient (Wildman–Crippen LogP) is 1.01. The second kappa shape index (κ2) is 2.19. The normalized spacial score (nSPS) is 19.2. The van der Waals surface area contributed by atoms with Crippen LogP contribution in [0.25, 0.3) is 0 Å². The van der Waals surface area contributed by atoms with Crippen LogP contribution >= 0.6 is 0 Å². The monoisotopic (exact) mass is 126 g/mol. The Morgan fingerprint density at radius 2 is 2.33 bits per heavy atom. The van der Waals surface area contributed by atoms with Crippen molar-refractivity contribution in [2.24, 2.45) is 4.99 Å². The summed E-state index contributed by atoms with van der Waals surface area (Å²) in [6, 6.07) is 0. The van der Waals surface area contributed by atoms with Gasteiger partial charge in [0.2, 0.25) is 0 Å². The first-order valence-electron chi connectivity index (χ1n) is 2.86. The van der Waals surface area contributed by atoms with E-state index in [1.807, 2.05) is 19.9 Å². The van der Waals surface area contributed by atoms with Gasteiger partial charge in [-0.1, -0.05) is 0 Å². The van der Waals surface area contributed by atoms with Crippen molar-refractivity contribution in [2.75, 3.05) is 6.67 Å². The average molecular weight is 126 g/mol. The van der Waals surface area contributed by atoms with Crippen molar-refractivity contribution in [1.29, 1.82) is 0 Å². The van der Waals surface area contributed by atoms with Gasteiger partial charge in [-0.05, 0) is 19.9 Å². The molecule has 0 aromatic rings. The third-order valence-corrected chi connectivity index (χ3v) is 1.28. The van der Waals surface area contributed by atoms with Crippen LogP contribution in [0.3, 0.4) is 0 Å². The van der Waals surface area contributed by atoms with Crippen molar-refractivity contribution in [3.63, 3.8) is 0 Å². The predicted molar refractivity (Wildman–Crippen MR) is 35.4 cm³/mol. The highest BCUT2D eigenvalue weighted by atomic mass is 16.5. The number of hydrogen-bond donors (Lipinski definition) is 1. The Kier molecular flexibility index (Phi) is 1.53. The molecule has 0 aromatic heterocycles. The molecule has 1 aliphatic heterocycles. The molecule has 0 saturated heterocycles. The highest BCUT2D eigenvalue weighted by Gasteiger charge is 2.04. The Hall–Kier alpha value is -0.830. The molecule has 3 nitrogen and oxygen atoms in total. The molecule has 0 atom stereocenters. The van der Waals surface area contributed by atoms with Crippen molar-refractivity contribution in [1.82, 2.24) is 5.06 Å². The summed E-state index contributed by atoms with van der Waals surface area (Å²) in [5.74, 6) is 0. The summed E-state index contributed by atoms with van der Waals surface area (Å²) >= 11 is 0. The Balaban J connectivity index is 2.74. The van der Waals surface area contributed by atoms with Crippen LogP contribution in [0.1, 0.15) is 13.8 Å². The molecule has 0 amide bonds. The summed E-state index contributed by atoms with van der Waals surface area (Å²) in [7, 11) is 0. The molecule has 0 aliphatic carbocycles. The van der Waals surface area contributed by atoms with Gasteiger partial charge in [-0.25, -0.2) is 5.06 Å². The van der Waals surface area contributed by atoms with Crippen molar-refractivity contribution in [3.8, 4) is 0 Å². The number of rotatable bonds is 0. The lowest BCUT2D eigenvalue weighted by molar-refractivity contribution is -0.0532. The number of hydrogen-bond acceptors (Lipinski definition) is 3. The van der Waals surface area contributed by atoms with E-state index in [0.717, 1.165) is 16.5 Å². The maximum absolute atomic E-state index is 8.95. The second-order valence-corrected chi connectivity index (χ2v) is 2.13. The lowest BCUT2D eigenvalue weighted by atomic mass is 10.3. The first-order valence-corrected chi connectivity index (χ1v) is 2.86. The van der Waals surface area contributed by atoms with E-state index in [2.05, 4.69) is 4.99 Å². The van der Waals surface area contributed by atoms with Crippen LogP contribution in [0, 0.1) is 0 Å². The smallest absolute Gasteiger partial charge is 0.135 e. The van der Waals surface area contributed by atoms with Gasteiger partial charge in [-0.2, -0.15) is 0 Å². The van der Waals surface area contributed by atoms with E-state index in [9.17, 15) is 0 Å². The molecule has 0 radical (unpaired) electrons. The maximum Gasteiger partial charge on any atom is 0.135 e. The lowest BCUT2D eigenvalue weighted by Gasteiger charge is -2.18. The van der Waals surface area contributed by atoms with Crippen molar-refractivity contribution < 1.29 is 5.21 Å². The molecule has 0 aromatic carbocycles. The molecule has 1 rings (SSSR count). The molecule has 1 aliphatic rings. The van der Waals surface area contributed by atoms with E-state index in [-0.39, 0.29) is 0 Å². The first kappa shape index (κ1) is 6.29. The van der Waals surface area contributed by atoms with Crippen LogP contribution in [0.15, 0.2) is 16.8 Å². The summed E-state index contributed by atoms with van der Waals surface area (Å²) in [6.07, 6.45) is 1.84. The zero-order valence-corrected chi connectivity index (χ0v) is 5.63. The summed E-state index contributed by atoms with van der Waals surface area (Å²) in [6.45, 7) is 4.13. The fourth-order valence-corrected chi connectivity index (χ4v) is 0.713. The van der Waals surface area contributed by atoms with Gasteiger partial charge < -0.3 is 0 Å². The van der Waals surface area contributed by atoms with Crippen molar-refractivity contribution in [3.05, 3.63) is 11.8 Å². The number of allylic oxidation sites excluding steroid dienone is 2. The van der Waals surface area contributed by atoms with Gasteiger partial charge in [-0.15, -0.1) is 0 Å². The zero-order valence-electron chi connectivity index (χ0n) is 5.63. The second-order valence-electron chi connectivity index (χ2n) is 2.13.